The van der Waals surface area contributed by atoms with E-state index >= 15 is 0 Å². The van der Waals surface area contributed by atoms with Crippen molar-refractivity contribution >= 4 is 39.5 Å². The number of ether oxygens (including phenoxy) is 4. The SMILES string of the molecule is CCCCCC/C=C\C=C/CCCCCCCC(=O)OC[C@H](COP(=O)(O)OC[C@@H](O)COP(=O)(O)OC[C@@H](COC(=O)CCCCCCCCCCC)OC(=O)CCCCCCCCCCCCC(C)C)OC(=O)CCCCCCCCCCCCCCCCCCC. The molecule has 0 amide bonds. The maximum Gasteiger partial charge on any atom is 0.472 e. The molecular weight excluding hydrogens is 1230 g/mol. The summed E-state index contributed by atoms with van der Waals surface area (Å²) in [4.78, 5) is 72.7. The molecule has 94 heavy (non-hydrogen) atoms. The van der Waals surface area contributed by atoms with Crippen LogP contribution in [-0.2, 0) is 65.4 Å². The second-order valence-corrected chi connectivity index (χ2v) is 29.7. The molecule has 0 aromatic carbocycles. The third-order valence-corrected chi connectivity index (χ3v) is 18.8. The first-order valence-corrected chi connectivity index (χ1v) is 41.4. The molecule has 0 aromatic rings. The molecule has 0 aliphatic rings. The summed E-state index contributed by atoms with van der Waals surface area (Å²) < 4.78 is 68.4. The van der Waals surface area contributed by atoms with Gasteiger partial charge >= 0.3 is 39.5 Å². The van der Waals surface area contributed by atoms with Crippen LogP contribution in [0.25, 0.3) is 0 Å². The molecule has 554 valence electrons. The topological polar surface area (TPSA) is 237 Å². The third-order valence-electron chi connectivity index (χ3n) is 16.9. The molecule has 0 rings (SSSR count). The van der Waals surface area contributed by atoms with Crippen LogP contribution in [0.2, 0.25) is 0 Å². The Morgan fingerprint density at radius 3 is 0.872 bits per heavy atom. The van der Waals surface area contributed by atoms with Crippen molar-refractivity contribution in [1.29, 1.82) is 0 Å². The van der Waals surface area contributed by atoms with E-state index in [2.05, 4.69) is 58.9 Å². The molecular formula is C75H142O17P2. The van der Waals surface area contributed by atoms with Gasteiger partial charge in [0.05, 0.1) is 26.4 Å². The zero-order valence-electron chi connectivity index (χ0n) is 60.6. The summed E-state index contributed by atoms with van der Waals surface area (Å²) in [7, 11) is -9.92. The summed E-state index contributed by atoms with van der Waals surface area (Å²) in [6, 6.07) is 0. The highest BCUT2D eigenvalue weighted by atomic mass is 31.2. The lowest BCUT2D eigenvalue weighted by Gasteiger charge is -2.21. The minimum Gasteiger partial charge on any atom is -0.462 e. The quantitative estimate of drug-likeness (QED) is 0.0169. The number of rotatable bonds is 73. The Morgan fingerprint density at radius 1 is 0.330 bits per heavy atom. The lowest BCUT2D eigenvalue weighted by atomic mass is 10.0. The van der Waals surface area contributed by atoms with Gasteiger partial charge in [-0.25, -0.2) is 9.13 Å². The van der Waals surface area contributed by atoms with Crippen LogP contribution in [0.3, 0.4) is 0 Å². The zero-order chi connectivity index (χ0) is 69.1. The number of phosphoric ester groups is 2. The van der Waals surface area contributed by atoms with Gasteiger partial charge in [-0.1, -0.05) is 316 Å². The molecule has 0 saturated carbocycles. The maximum atomic E-state index is 13.1. The van der Waals surface area contributed by atoms with Crippen LogP contribution < -0.4 is 0 Å². The van der Waals surface area contributed by atoms with Crippen molar-refractivity contribution in [3.05, 3.63) is 24.3 Å². The molecule has 17 nitrogen and oxygen atoms in total. The fraction of sp³-hybridized carbons (Fsp3) is 0.893. The van der Waals surface area contributed by atoms with Crippen molar-refractivity contribution in [3.8, 4) is 0 Å². The van der Waals surface area contributed by atoms with Crippen LogP contribution >= 0.6 is 15.6 Å². The van der Waals surface area contributed by atoms with E-state index in [9.17, 15) is 43.2 Å². The Balaban J connectivity index is 5.27. The van der Waals surface area contributed by atoms with Crippen LogP contribution in [0.4, 0.5) is 0 Å². The molecule has 0 aromatic heterocycles. The van der Waals surface area contributed by atoms with E-state index in [1.165, 1.54) is 173 Å². The molecule has 0 spiro atoms. The molecule has 19 heteroatoms. The number of aliphatic hydroxyl groups excluding tert-OH is 1. The van der Waals surface area contributed by atoms with Gasteiger partial charge in [-0.15, -0.1) is 0 Å². The smallest absolute Gasteiger partial charge is 0.462 e. The number of aliphatic hydroxyl groups is 1. The Morgan fingerprint density at radius 2 is 0.574 bits per heavy atom. The molecule has 0 aliphatic carbocycles. The highest BCUT2D eigenvalue weighted by molar-refractivity contribution is 7.47. The predicted molar refractivity (Wildman–Crippen MR) is 381 cm³/mol. The van der Waals surface area contributed by atoms with Crippen molar-refractivity contribution in [3.63, 3.8) is 0 Å². The number of allylic oxidation sites excluding steroid dienone is 4. The summed E-state index contributed by atoms with van der Waals surface area (Å²) >= 11 is 0. The van der Waals surface area contributed by atoms with Gasteiger partial charge in [0.15, 0.2) is 12.2 Å². The molecule has 0 saturated heterocycles. The van der Waals surface area contributed by atoms with Gasteiger partial charge in [-0.3, -0.25) is 37.3 Å². The number of phosphoric acid groups is 2. The van der Waals surface area contributed by atoms with Gasteiger partial charge in [-0.2, -0.15) is 0 Å². The van der Waals surface area contributed by atoms with E-state index in [0.29, 0.717) is 25.7 Å². The van der Waals surface area contributed by atoms with Crippen molar-refractivity contribution in [2.24, 2.45) is 5.92 Å². The Kier molecular flexibility index (Phi) is 65.9. The third kappa shape index (κ3) is 68.1. The van der Waals surface area contributed by atoms with E-state index in [1.807, 2.05) is 0 Å². The second-order valence-electron chi connectivity index (χ2n) is 26.8. The van der Waals surface area contributed by atoms with Crippen LogP contribution in [0.1, 0.15) is 369 Å². The second kappa shape index (κ2) is 67.7. The molecule has 0 heterocycles. The largest absolute Gasteiger partial charge is 0.472 e. The lowest BCUT2D eigenvalue weighted by Crippen LogP contribution is -2.30. The van der Waals surface area contributed by atoms with Crippen molar-refractivity contribution in [2.75, 3.05) is 39.6 Å². The monoisotopic (exact) mass is 1380 g/mol. The Hall–Kier alpha value is -2.46. The first-order valence-electron chi connectivity index (χ1n) is 38.5. The minimum atomic E-state index is -4.96. The van der Waals surface area contributed by atoms with Gasteiger partial charge in [0.25, 0.3) is 0 Å². The van der Waals surface area contributed by atoms with Gasteiger partial charge in [-0.05, 0) is 57.3 Å². The van der Waals surface area contributed by atoms with Crippen LogP contribution in [-0.4, -0.2) is 96.7 Å². The fourth-order valence-corrected chi connectivity index (χ4v) is 12.6. The van der Waals surface area contributed by atoms with Crippen molar-refractivity contribution in [1.82, 2.24) is 0 Å². The van der Waals surface area contributed by atoms with Crippen LogP contribution in [0.15, 0.2) is 24.3 Å². The number of carbonyl (C=O) groups excluding carboxylic acids is 4. The van der Waals surface area contributed by atoms with Gasteiger partial charge in [0.1, 0.15) is 19.3 Å². The number of unbranched alkanes of at least 4 members (excludes halogenated alkanes) is 42. The first-order chi connectivity index (χ1) is 45.5. The Bertz CT molecular complexity index is 1900. The summed E-state index contributed by atoms with van der Waals surface area (Å²) in [6.45, 7) is 7.19. The summed E-state index contributed by atoms with van der Waals surface area (Å²) in [5, 5.41) is 10.6. The van der Waals surface area contributed by atoms with Crippen LogP contribution in [0.5, 0.6) is 0 Å². The van der Waals surface area contributed by atoms with Crippen LogP contribution in [0, 0.1) is 5.92 Å². The molecule has 3 N–H and O–H groups in total. The van der Waals surface area contributed by atoms with E-state index in [1.54, 1.807) is 0 Å². The number of carbonyl (C=O) groups is 4. The standard InChI is InChI=1S/C75H142O17P2/c1-6-9-12-15-18-21-23-25-27-28-30-32-34-40-45-50-55-60-74(79)91-71(65-86-73(78)59-54-49-44-39-33-31-29-26-24-22-19-16-13-10-7-2)67-90-94(83,84)88-63-69(76)62-87-93(81,82)89-66-70(64-85-72(77)58-53-48-43-37-20-17-14-11-8-3)92-75(80)61-56-51-46-41-36-35-38-42-47-52-57-68(4)5/h22,24,26,29,68-71,76H,6-21,23,25,27-28,30-67H2,1-5H3,(H,81,82)(H,83,84)/b24-22-,29-26-/t69-,70+,71+/m0/s1. The highest BCUT2D eigenvalue weighted by Gasteiger charge is 2.30. The first kappa shape index (κ1) is 91.5. The van der Waals surface area contributed by atoms with Gasteiger partial charge in [0.2, 0.25) is 0 Å². The number of hydrogen-bond acceptors (Lipinski definition) is 15. The number of esters is 4. The van der Waals surface area contributed by atoms with Gasteiger partial charge < -0.3 is 33.8 Å². The fourth-order valence-electron chi connectivity index (χ4n) is 11.0. The van der Waals surface area contributed by atoms with E-state index in [-0.39, 0.29) is 25.7 Å². The average Bonchev–Trinajstić information content (AvgIpc) is 1.16. The lowest BCUT2D eigenvalue weighted by molar-refractivity contribution is -0.161. The summed E-state index contributed by atoms with van der Waals surface area (Å²) in [6.07, 6.45) is 59.0. The molecule has 0 aliphatic heterocycles. The molecule has 0 fully saturated rings. The van der Waals surface area contributed by atoms with E-state index < -0.39 is 97.5 Å². The summed E-state index contributed by atoms with van der Waals surface area (Å²) in [5.41, 5.74) is 0. The highest BCUT2D eigenvalue weighted by Crippen LogP contribution is 2.45. The van der Waals surface area contributed by atoms with E-state index in [0.717, 1.165) is 115 Å². The van der Waals surface area contributed by atoms with Crippen molar-refractivity contribution in [2.45, 2.75) is 387 Å². The molecule has 0 radical (unpaired) electrons. The maximum absolute atomic E-state index is 13.1. The minimum absolute atomic E-state index is 0.102. The van der Waals surface area contributed by atoms with Gasteiger partial charge in [0, 0.05) is 25.7 Å². The Labute approximate surface area is 573 Å². The molecule has 2 unspecified atom stereocenters. The van der Waals surface area contributed by atoms with Crippen molar-refractivity contribution < 1.29 is 80.2 Å². The molecule has 5 atom stereocenters. The predicted octanol–water partition coefficient (Wildman–Crippen LogP) is 21.6. The average molecular weight is 1380 g/mol. The number of hydrogen-bond donors (Lipinski definition) is 3. The normalized spacial score (nSPS) is 14.1. The zero-order valence-corrected chi connectivity index (χ0v) is 62.4. The summed E-state index contributed by atoms with van der Waals surface area (Å²) in [5.74, 6) is -1.40. The van der Waals surface area contributed by atoms with E-state index in [4.69, 9.17) is 37.0 Å². The molecule has 0 bridgehead atoms.